The molecule has 188 valence electrons. The number of anilines is 1. The van der Waals surface area contributed by atoms with Crippen LogP contribution in [0.1, 0.15) is 16.7 Å². The van der Waals surface area contributed by atoms with E-state index in [-0.39, 0.29) is 11.4 Å². The van der Waals surface area contributed by atoms with Crippen LogP contribution in [0.15, 0.2) is 84.0 Å². The molecule has 0 atom stereocenters. The second kappa shape index (κ2) is 10.0. The van der Waals surface area contributed by atoms with E-state index in [1.807, 2.05) is 36.2 Å². The van der Waals surface area contributed by atoms with Crippen molar-refractivity contribution in [2.45, 2.75) is 17.6 Å². The minimum atomic E-state index is -5.01. The average Bonchev–Trinajstić information content (AvgIpc) is 2.88. The van der Waals surface area contributed by atoms with Crippen molar-refractivity contribution in [1.82, 2.24) is 9.97 Å². The Bertz CT molecular complexity index is 1580. The molecule has 1 aromatic heterocycles. The Hall–Kier alpha value is -4.27. The molecule has 1 heterocycles. The molecule has 0 aliphatic rings. The molecule has 0 aliphatic heterocycles. The number of hydrogen-bond donors (Lipinski definition) is 1. The van der Waals surface area contributed by atoms with Crippen LogP contribution < -0.4 is 10.0 Å². The van der Waals surface area contributed by atoms with E-state index < -0.39 is 32.2 Å². The highest BCUT2D eigenvalue weighted by molar-refractivity contribution is 7.89. The Morgan fingerprint density at radius 2 is 1.57 bits per heavy atom. The molecular weight excluding hydrogens is 503 g/mol. The van der Waals surface area contributed by atoms with Gasteiger partial charge in [0.05, 0.1) is 33.5 Å². The molecule has 3 aromatic carbocycles. The normalized spacial score (nSPS) is 11.7. The number of sulfonamides is 1. The summed E-state index contributed by atoms with van der Waals surface area (Å²) in [6, 6.07) is 19.4. The summed E-state index contributed by atoms with van der Waals surface area (Å²) in [6.07, 6.45) is -2.42. The van der Waals surface area contributed by atoms with Gasteiger partial charge in [-0.15, -0.1) is 0 Å². The highest BCUT2D eigenvalue weighted by Crippen LogP contribution is 2.42. The van der Waals surface area contributed by atoms with Crippen LogP contribution >= 0.6 is 0 Å². The third kappa shape index (κ3) is 5.61. The lowest BCUT2D eigenvalue weighted by Gasteiger charge is -2.20. The first kappa shape index (κ1) is 25.8. The van der Waals surface area contributed by atoms with E-state index in [9.17, 15) is 21.6 Å². The molecular formula is C26H20F3N5O2S. The quantitative estimate of drug-likeness (QED) is 0.381. The molecule has 37 heavy (non-hydrogen) atoms. The molecule has 7 nitrogen and oxygen atoms in total. The van der Waals surface area contributed by atoms with Gasteiger partial charge in [-0.1, -0.05) is 36.4 Å². The van der Waals surface area contributed by atoms with Crippen LogP contribution in [0.3, 0.4) is 0 Å². The van der Waals surface area contributed by atoms with Crippen LogP contribution in [0.5, 0.6) is 0 Å². The predicted octanol–water partition coefficient (Wildman–Crippen LogP) is 4.98. The van der Waals surface area contributed by atoms with Crippen LogP contribution in [-0.4, -0.2) is 25.4 Å². The van der Waals surface area contributed by atoms with Crippen molar-refractivity contribution < 1.29 is 21.6 Å². The van der Waals surface area contributed by atoms with Gasteiger partial charge in [0.1, 0.15) is 0 Å². The van der Waals surface area contributed by atoms with Gasteiger partial charge in [-0.3, -0.25) is 9.97 Å². The first-order chi connectivity index (χ1) is 17.5. The maximum atomic E-state index is 14.0. The molecule has 11 heteroatoms. The third-order valence-corrected chi connectivity index (χ3v) is 6.61. The SMILES string of the molecule is CN(Cc1ccc(-c2nccnc2-c2cccc(S(N)(=O)=O)c2C(F)(F)F)cc1)c1ccc(C#N)cc1. The molecule has 0 amide bonds. The van der Waals surface area contributed by atoms with E-state index in [2.05, 4.69) is 16.0 Å². The lowest BCUT2D eigenvalue weighted by molar-refractivity contribution is -0.139. The average molecular weight is 524 g/mol. The number of aromatic nitrogens is 2. The second-order valence-electron chi connectivity index (χ2n) is 8.19. The van der Waals surface area contributed by atoms with E-state index in [0.717, 1.165) is 23.4 Å². The minimum Gasteiger partial charge on any atom is -0.370 e. The van der Waals surface area contributed by atoms with E-state index >= 15 is 0 Å². The fourth-order valence-electron chi connectivity index (χ4n) is 3.93. The number of rotatable bonds is 6. The van der Waals surface area contributed by atoms with Gasteiger partial charge in [-0.05, 0) is 35.9 Å². The van der Waals surface area contributed by atoms with Gasteiger partial charge in [-0.2, -0.15) is 18.4 Å². The van der Waals surface area contributed by atoms with E-state index in [4.69, 9.17) is 10.4 Å². The van der Waals surface area contributed by atoms with Gasteiger partial charge in [0, 0.05) is 42.8 Å². The maximum absolute atomic E-state index is 14.0. The fourth-order valence-corrected chi connectivity index (χ4v) is 4.71. The summed E-state index contributed by atoms with van der Waals surface area (Å²) in [6.45, 7) is 0.536. The molecule has 0 unspecified atom stereocenters. The van der Waals surface area contributed by atoms with E-state index in [1.54, 1.807) is 24.3 Å². The van der Waals surface area contributed by atoms with Crippen molar-refractivity contribution in [2.75, 3.05) is 11.9 Å². The van der Waals surface area contributed by atoms with E-state index in [1.165, 1.54) is 18.5 Å². The third-order valence-electron chi connectivity index (χ3n) is 5.65. The number of primary sulfonamides is 1. The van der Waals surface area contributed by atoms with Crippen molar-refractivity contribution >= 4 is 15.7 Å². The second-order valence-corrected chi connectivity index (χ2v) is 9.72. The molecule has 4 aromatic rings. The minimum absolute atomic E-state index is 0.122. The van der Waals surface area contributed by atoms with Gasteiger partial charge in [-0.25, -0.2) is 13.6 Å². The summed E-state index contributed by atoms with van der Waals surface area (Å²) in [4.78, 5) is 9.32. The summed E-state index contributed by atoms with van der Waals surface area (Å²) in [5, 5.41) is 14.0. The number of hydrogen-bond acceptors (Lipinski definition) is 6. The predicted molar refractivity (Wildman–Crippen MR) is 133 cm³/mol. The summed E-state index contributed by atoms with van der Waals surface area (Å²) < 4.78 is 65.9. The van der Waals surface area contributed by atoms with Crippen molar-refractivity contribution in [1.29, 1.82) is 5.26 Å². The van der Waals surface area contributed by atoms with Crippen LogP contribution in [0.4, 0.5) is 18.9 Å². The number of halogens is 3. The van der Waals surface area contributed by atoms with Gasteiger partial charge < -0.3 is 4.90 Å². The number of alkyl halides is 3. The Balaban J connectivity index is 1.71. The van der Waals surface area contributed by atoms with Gasteiger partial charge in [0.15, 0.2) is 0 Å². The first-order valence-electron chi connectivity index (χ1n) is 10.8. The molecule has 0 saturated carbocycles. The molecule has 0 bridgehead atoms. The van der Waals surface area contributed by atoms with Gasteiger partial charge in [0.2, 0.25) is 10.0 Å². The summed E-state index contributed by atoms with van der Waals surface area (Å²) in [5.41, 5.74) is 1.11. The zero-order chi connectivity index (χ0) is 26.8. The Morgan fingerprint density at radius 1 is 0.946 bits per heavy atom. The van der Waals surface area contributed by atoms with Crippen molar-refractivity contribution in [2.24, 2.45) is 5.14 Å². The number of nitrogens with zero attached hydrogens (tertiary/aromatic N) is 4. The van der Waals surface area contributed by atoms with E-state index in [0.29, 0.717) is 17.7 Å². The number of benzene rings is 3. The highest BCUT2D eigenvalue weighted by Gasteiger charge is 2.40. The van der Waals surface area contributed by atoms with Crippen LogP contribution in [0.25, 0.3) is 22.5 Å². The summed E-state index contributed by atoms with van der Waals surface area (Å²) in [5.74, 6) is 0. The Kier molecular flexibility index (Phi) is 6.98. The van der Waals surface area contributed by atoms with Crippen LogP contribution in [0, 0.1) is 11.3 Å². The molecule has 0 radical (unpaired) electrons. The van der Waals surface area contributed by atoms with Crippen LogP contribution in [0.2, 0.25) is 0 Å². The van der Waals surface area contributed by atoms with Crippen LogP contribution in [-0.2, 0) is 22.7 Å². The van der Waals surface area contributed by atoms with Crippen molar-refractivity contribution in [3.8, 4) is 28.6 Å². The number of nitrogens with two attached hydrogens (primary N) is 1. The first-order valence-corrected chi connectivity index (χ1v) is 12.4. The zero-order valence-corrected chi connectivity index (χ0v) is 20.3. The van der Waals surface area contributed by atoms with Crippen molar-refractivity contribution in [3.05, 3.63) is 95.8 Å². The lowest BCUT2D eigenvalue weighted by atomic mass is 9.98. The highest BCUT2D eigenvalue weighted by atomic mass is 32.2. The Labute approximate surface area is 211 Å². The van der Waals surface area contributed by atoms with Gasteiger partial charge >= 0.3 is 6.18 Å². The summed E-state index contributed by atoms with van der Waals surface area (Å²) >= 11 is 0. The molecule has 2 N–H and O–H groups in total. The topological polar surface area (TPSA) is 113 Å². The number of nitriles is 1. The molecule has 0 fully saturated rings. The zero-order valence-electron chi connectivity index (χ0n) is 19.4. The monoisotopic (exact) mass is 523 g/mol. The molecule has 4 rings (SSSR count). The maximum Gasteiger partial charge on any atom is 0.418 e. The molecule has 0 saturated heterocycles. The largest absolute Gasteiger partial charge is 0.418 e. The summed E-state index contributed by atoms with van der Waals surface area (Å²) in [7, 11) is -2.76. The molecule has 0 aliphatic carbocycles. The standard InChI is InChI=1S/C26H20F3N5O2S/c1-34(20-11-7-17(15-30)8-12-20)16-18-5-9-19(10-6-18)24-25(33-14-13-32-24)21-3-2-4-22(37(31,35)36)23(21)26(27,28)29/h2-14H,16H2,1H3,(H2,31,35,36). The smallest absolute Gasteiger partial charge is 0.370 e. The Morgan fingerprint density at radius 3 is 2.14 bits per heavy atom. The van der Waals surface area contributed by atoms with Crippen molar-refractivity contribution in [3.63, 3.8) is 0 Å². The van der Waals surface area contributed by atoms with Gasteiger partial charge in [0.25, 0.3) is 0 Å². The fraction of sp³-hybridized carbons (Fsp3) is 0.115. The lowest BCUT2D eigenvalue weighted by Crippen LogP contribution is -2.20. The molecule has 0 spiro atoms.